The van der Waals surface area contributed by atoms with E-state index < -0.39 is 37.2 Å². The molecule has 0 spiro atoms. The molecule has 0 saturated carbocycles. The van der Waals surface area contributed by atoms with E-state index in [1.807, 2.05) is 0 Å². The number of sulfone groups is 1. The van der Waals surface area contributed by atoms with Crippen molar-refractivity contribution in [2.75, 3.05) is 17.7 Å². The Morgan fingerprint density at radius 2 is 1.55 bits per heavy atom. The number of aromatic hydroxyl groups is 2. The molecule has 5 N–H and O–H groups in total. The second-order valence-electron chi connectivity index (χ2n) is 6.20. The molecule has 0 aliphatic rings. The summed E-state index contributed by atoms with van der Waals surface area (Å²) in [6.07, 6.45) is 0. The summed E-state index contributed by atoms with van der Waals surface area (Å²) in [7, 11) is -8.21. The van der Waals surface area contributed by atoms with E-state index >= 15 is 0 Å². The van der Waals surface area contributed by atoms with E-state index in [4.69, 9.17) is 9.66 Å². The van der Waals surface area contributed by atoms with E-state index in [1.165, 1.54) is 42.5 Å². The number of hydrogen-bond acceptors (Lipinski definition) is 8. The van der Waals surface area contributed by atoms with Gasteiger partial charge in [0.15, 0.2) is 9.84 Å². The number of aliphatic hydroxyl groups is 1. The molecule has 0 unspecified atom stereocenters. The number of rotatable bonds is 6. The maximum atomic E-state index is 12.1. The van der Waals surface area contributed by atoms with Crippen molar-refractivity contribution >= 4 is 42.1 Å². The topological polar surface area (TPSA) is 161 Å². The predicted molar refractivity (Wildman–Crippen MR) is 106 cm³/mol. The van der Waals surface area contributed by atoms with Gasteiger partial charge in [0, 0.05) is 17.1 Å². The standard InChI is InChI=1S/C18H17NO8S2/c20-5-6-28(23,24)13-3-4-17(21)16(9-13)19-12-2-1-11-7-14(29(25,26)27)10-18(22)15(11)8-12/h1-4,7-10,19-22H,5-6H2,(H,25,26,27). The third-order valence-electron chi connectivity index (χ3n) is 4.17. The van der Waals surface area contributed by atoms with E-state index in [0.29, 0.717) is 11.1 Å². The lowest BCUT2D eigenvalue weighted by Gasteiger charge is -2.12. The van der Waals surface area contributed by atoms with Crippen LogP contribution in [0.2, 0.25) is 0 Å². The summed E-state index contributed by atoms with van der Waals surface area (Å²) in [6, 6.07) is 10.2. The van der Waals surface area contributed by atoms with Crippen molar-refractivity contribution in [3.63, 3.8) is 0 Å². The van der Waals surface area contributed by atoms with Gasteiger partial charge < -0.3 is 20.6 Å². The first-order valence-corrected chi connectivity index (χ1v) is 11.3. The average Bonchev–Trinajstić information content (AvgIpc) is 2.63. The van der Waals surface area contributed by atoms with Gasteiger partial charge in [-0.1, -0.05) is 6.07 Å². The van der Waals surface area contributed by atoms with Gasteiger partial charge in [0.05, 0.1) is 27.8 Å². The lowest BCUT2D eigenvalue weighted by molar-refractivity contribution is 0.319. The summed E-state index contributed by atoms with van der Waals surface area (Å²) in [5, 5.41) is 32.5. The number of benzene rings is 3. The first-order valence-electron chi connectivity index (χ1n) is 8.19. The Labute approximate surface area is 166 Å². The van der Waals surface area contributed by atoms with Gasteiger partial charge in [0.25, 0.3) is 10.1 Å². The van der Waals surface area contributed by atoms with Crippen LogP contribution in [0.3, 0.4) is 0 Å². The van der Waals surface area contributed by atoms with E-state index in [0.717, 1.165) is 6.07 Å². The number of phenolic OH excluding ortho intramolecular Hbond substituents is 2. The quantitative estimate of drug-likeness (QED) is 0.286. The van der Waals surface area contributed by atoms with Crippen LogP contribution < -0.4 is 5.32 Å². The maximum absolute atomic E-state index is 12.1. The molecule has 29 heavy (non-hydrogen) atoms. The minimum absolute atomic E-state index is 0.0809. The van der Waals surface area contributed by atoms with Crippen molar-refractivity contribution in [3.05, 3.63) is 48.5 Å². The van der Waals surface area contributed by atoms with Crippen LogP contribution in [0.25, 0.3) is 10.8 Å². The lowest BCUT2D eigenvalue weighted by Crippen LogP contribution is -2.10. The Balaban J connectivity index is 2.02. The summed E-state index contributed by atoms with van der Waals surface area (Å²) in [5.74, 6) is -1.07. The molecule has 9 nitrogen and oxygen atoms in total. The first kappa shape index (κ1) is 20.9. The second kappa shape index (κ2) is 7.52. The fourth-order valence-corrected chi connectivity index (χ4v) is 4.33. The minimum atomic E-state index is -4.49. The molecular weight excluding hydrogens is 422 g/mol. The maximum Gasteiger partial charge on any atom is 0.294 e. The summed E-state index contributed by atoms with van der Waals surface area (Å²) in [4.78, 5) is -0.545. The van der Waals surface area contributed by atoms with Gasteiger partial charge in [-0.15, -0.1) is 0 Å². The van der Waals surface area contributed by atoms with E-state index in [2.05, 4.69) is 5.32 Å². The van der Waals surface area contributed by atoms with Crippen LogP contribution in [0.5, 0.6) is 11.5 Å². The molecule has 0 bridgehead atoms. The highest BCUT2D eigenvalue weighted by molar-refractivity contribution is 7.91. The second-order valence-corrected chi connectivity index (χ2v) is 9.73. The third-order valence-corrected chi connectivity index (χ3v) is 6.69. The molecule has 0 aliphatic carbocycles. The summed E-state index contributed by atoms with van der Waals surface area (Å²) >= 11 is 0. The Morgan fingerprint density at radius 1 is 0.828 bits per heavy atom. The lowest BCUT2D eigenvalue weighted by atomic mass is 10.1. The molecule has 0 fully saturated rings. The molecule has 0 radical (unpaired) electrons. The number of fused-ring (bicyclic) bond motifs is 1. The van der Waals surface area contributed by atoms with E-state index in [1.54, 1.807) is 0 Å². The number of anilines is 2. The zero-order chi connectivity index (χ0) is 21.4. The van der Waals surface area contributed by atoms with Crippen LogP contribution in [0.1, 0.15) is 0 Å². The molecule has 3 aromatic rings. The van der Waals surface area contributed by atoms with Crippen LogP contribution in [0.15, 0.2) is 58.3 Å². The Bertz CT molecular complexity index is 1300. The van der Waals surface area contributed by atoms with Crippen LogP contribution in [0, 0.1) is 0 Å². The van der Waals surface area contributed by atoms with Crippen molar-refractivity contribution in [1.29, 1.82) is 0 Å². The van der Waals surface area contributed by atoms with Gasteiger partial charge in [-0.2, -0.15) is 8.42 Å². The Kier molecular flexibility index (Phi) is 5.41. The van der Waals surface area contributed by atoms with E-state index in [-0.39, 0.29) is 27.5 Å². The van der Waals surface area contributed by atoms with Crippen LogP contribution in [-0.2, 0) is 20.0 Å². The zero-order valence-corrected chi connectivity index (χ0v) is 16.4. The van der Waals surface area contributed by atoms with Crippen LogP contribution in [-0.4, -0.2) is 49.1 Å². The fourth-order valence-electron chi connectivity index (χ4n) is 2.74. The first-order chi connectivity index (χ1) is 13.5. The Hall–Kier alpha value is -2.86. The largest absolute Gasteiger partial charge is 0.507 e. The normalized spacial score (nSPS) is 12.2. The minimum Gasteiger partial charge on any atom is -0.507 e. The van der Waals surface area contributed by atoms with Crippen molar-refractivity contribution in [3.8, 4) is 11.5 Å². The summed E-state index contributed by atoms with van der Waals surface area (Å²) in [5.41, 5.74) is 0.455. The molecule has 0 amide bonds. The van der Waals surface area contributed by atoms with Gasteiger partial charge in [0.1, 0.15) is 11.5 Å². The van der Waals surface area contributed by atoms with Gasteiger partial charge in [-0.05, 0) is 41.8 Å². The molecule has 0 atom stereocenters. The number of hydrogen-bond donors (Lipinski definition) is 5. The molecule has 154 valence electrons. The molecule has 0 saturated heterocycles. The van der Waals surface area contributed by atoms with Crippen molar-refractivity contribution in [2.45, 2.75) is 9.79 Å². The monoisotopic (exact) mass is 439 g/mol. The van der Waals surface area contributed by atoms with Crippen molar-refractivity contribution in [1.82, 2.24) is 0 Å². The predicted octanol–water partition coefficient (Wildman–Crippen LogP) is 2.01. The Morgan fingerprint density at radius 3 is 2.21 bits per heavy atom. The summed E-state index contributed by atoms with van der Waals surface area (Å²) < 4.78 is 55.9. The smallest absolute Gasteiger partial charge is 0.294 e. The van der Waals surface area contributed by atoms with Gasteiger partial charge in [-0.3, -0.25) is 4.55 Å². The average molecular weight is 439 g/mol. The highest BCUT2D eigenvalue weighted by atomic mass is 32.2. The molecule has 11 heteroatoms. The van der Waals surface area contributed by atoms with Gasteiger partial charge in [-0.25, -0.2) is 8.42 Å². The van der Waals surface area contributed by atoms with Crippen molar-refractivity contribution < 1.29 is 36.7 Å². The summed E-state index contributed by atoms with van der Waals surface area (Å²) in [6.45, 7) is -0.540. The molecule has 0 heterocycles. The van der Waals surface area contributed by atoms with Gasteiger partial charge >= 0.3 is 0 Å². The highest BCUT2D eigenvalue weighted by Gasteiger charge is 2.17. The molecule has 0 aliphatic heterocycles. The third kappa shape index (κ3) is 4.43. The molecule has 3 aromatic carbocycles. The van der Waals surface area contributed by atoms with Gasteiger partial charge in [0.2, 0.25) is 0 Å². The van der Waals surface area contributed by atoms with Crippen LogP contribution in [0.4, 0.5) is 11.4 Å². The molecule has 0 aromatic heterocycles. The number of aliphatic hydroxyl groups excluding tert-OH is 1. The number of phenols is 2. The highest BCUT2D eigenvalue weighted by Crippen LogP contribution is 2.34. The molecule has 3 rings (SSSR count). The van der Waals surface area contributed by atoms with Crippen molar-refractivity contribution in [2.24, 2.45) is 0 Å². The van der Waals surface area contributed by atoms with Crippen LogP contribution >= 0.6 is 0 Å². The fraction of sp³-hybridized carbons (Fsp3) is 0.111. The van der Waals surface area contributed by atoms with E-state index in [9.17, 15) is 27.0 Å². The SMILES string of the molecule is O=S(=O)(O)c1cc(O)c2cc(Nc3cc(S(=O)(=O)CCO)ccc3O)ccc2c1. The zero-order valence-electron chi connectivity index (χ0n) is 14.8. The molecular formula is C18H17NO8S2. The number of nitrogens with one attached hydrogen (secondary N) is 1.